The molecule has 2 aliphatic rings. The molecule has 1 aliphatic heterocycles. The second-order valence-electron chi connectivity index (χ2n) is 6.99. The van der Waals surface area contributed by atoms with Gasteiger partial charge in [-0.25, -0.2) is 0 Å². The highest BCUT2D eigenvalue weighted by Gasteiger charge is 2.33. The first-order chi connectivity index (χ1) is 11.4. The van der Waals surface area contributed by atoms with Gasteiger partial charge in [-0.3, -0.25) is 4.90 Å². The van der Waals surface area contributed by atoms with Crippen LogP contribution in [0, 0.1) is 5.92 Å². The quantitative estimate of drug-likeness (QED) is 0.861. The van der Waals surface area contributed by atoms with Crippen LogP contribution in [0.2, 0.25) is 0 Å². The van der Waals surface area contributed by atoms with E-state index in [1.54, 1.807) is 0 Å². The highest BCUT2D eigenvalue weighted by molar-refractivity contribution is 5.18. The number of nitrogens with zero attached hydrogens (tertiary/aromatic N) is 3. The molecule has 0 amide bonds. The fourth-order valence-corrected chi connectivity index (χ4v) is 4.30. The lowest BCUT2D eigenvalue weighted by Gasteiger charge is -2.43. The summed E-state index contributed by atoms with van der Waals surface area (Å²) in [6.07, 6.45) is 9.00. The molecule has 23 heavy (non-hydrogen) atoms. The molecule has 2 heterocycles. The molecule has 4 heteroatoms. The van der Waals surface area contributed by atoms with Crippen LogP contribution in [0.4, 0.5) is 0 Å². The summed E-state index contributed by atoms with van der Waals surface area (Å²) in [6.45, 7) is 2.00. The zero-order valence-corrected chi connectivity index (χ0v) is 13.7. The van der Waals surface area contributed by atoms with E-state index in [4.69, 9.17) is 4.52 Å². The molecule has 2 aromatic rings. The third kappa shape index (κ3) is 3.47. The number of aromatic nitrogens is 2. The third-order valence-corrected chi connectivity index (χ3v) is 5.41. The Labute approximate surface area is 137 Å². The van der Waals surface area contributed by atoms with Gasteiger partial charge in [0.05, 0.1) is 6.54 Å². The highest BCUT2D eigenvalue weighted by Crippen LogP contribution is 2.35. The fourth-order valence-electron chi connectivity index (χ4n) is 4.30. The van der Waals surface area contributed by atoms with Gasteiger partial charge in [-0.05, 0) is 43.7 Å². The second kappa shape index (κ2) is 6.83. The first-order valence-corrected chi connectivity index (χ1v) is 8.98. The van der Waals surface area contributed by atoms with E-state index in [1.165, 1.54) is 50.6 Å². The molecule has 4 rings (SSSR count). The molecule has 0 radical (unpaired) electrons. The van der Waals surface area contributed by atoms with Crippen molar-refractivity contribution in [2.24, 2.45) is 5.92 Å². The minimum atomic E-state index is 0.738. The van der Waals surface area contributed by atoms with E-state index in [0.717, 1.165) is 36.6 Å². The van der Waals surface area contributed by atoms with Crippen molar-refractivity contribution >= 4 is 0 Å². The molecule has 0 spiro atoms. The Morgan fingerprint density at radius 1 is 1.04 bits per heavy atom. The van der Waals surface area contributed by atoms with Crippen LogP contribution in [0.3, 0.4) is 0 Å². The van der Waals surface area contributed by atoms with Gasteiger partial charge in [-0.2, -0.15) is 4.98 Å². The van der Waals surface area contributed by atoms with Crippen LogP contribution in [-0.4, -0.2) is 27.6 Å². The van der Waals surface area contributed by atoms with E-state index in [-0.39, 0.29) is 0 Å². The Hall–Kier alpha value is -1.68. The van der Waals surface area contributed by atoms with E-state index >= 15 is 0 Å². The number of likely N-dealkylation sites (tertiary alicyclic amines) is 1. The van der Waals surface area contributed by atoms with E-state index in [1.807, 2.05) is 18.2 Å². The molecule has 2 atom stereocenters. The van der Waals surface area contributed by atoms with Gasteiger partial charge in [0.1, 0.15) is 0 Å². The molecule has 2 unspecified atom stereocenters. The largest absolute Gasteiger partial charge is 0.338 e. The van der Waals surface area contributed by atoms with Gasteiger partial charge in [0, 0.05) is 12.5 Å². The SMILES string of the molecule is c1ccc(Cc2noc(CN3CCCC4CCCCC43)n2)cc1. The van der Waals surface area contributed by atoms with Crippen LogP contribution in [0.5, 0.6) is 0 Å². The second-order valence-corrected chi connectivity index (χ2v) is 6.99. The fraction of sp³-hybridized carbons (Fsp3) is 0.579. The molecule has 4 nitrogen and oxygen atoms in total. The summed E-state index contributed by atoms with van der Waals surface area (Å²) in [5.41, 5.74) is 1.23. The van der Waals surface area contributed by atoms with Gasteiger partial charge >= 0.3 is 0 Å². The number of fused-ring (bicyclic) bond motifs is 1. The van der Waals surface area contributed by atoms with E-state index < -0.39 is 0 Å². The minimum absolute atomic E-state index is 0.738. The van der Waals surface area contributed by atoms with Gasteiger partial charge in [0.25, 0.3) is 0 Å². The van der Waals surface area contributed by atoms with Crippen molar-refractivity contribution in [3.63, 3.8) is 0 Å². The van der Waals surface area contributed by atoms with Gasteiger partial charge in [-0.1, -0.05) is 48.3 Å². The number of hydrogen-bond acceptors (Lipinski definition) is 4. The van der Waals surface area contributed by atoms with E-state index in [9.17, 15) is 0 Å². The summed E-state index contributed by atoms with van der Waals surface area (Å²) in [6, 6.07) is 11.1. The van der Waals surface area contributed by atoms with Crippen molar-refractivity contribution in [1.82, 2.24) is 15.0 Å². The van der Waals surface area contributed by atoms with Crippen molar-refractivity contribution in [3.8, 4) is 0 Å². The summed E-state index contributed by atoms with van der Waals surface area (Å²) in [7, 11) is 0. The lowest BCUT2D eigenvalue weighted by molar-refractivity contribution is 0.0466. The molecule has 122 valence electrons. The van der Waals surface area contributed by atoms with Crippen LogP contribution in [0.1, 0.15) is 55.8 Å². The average molecular weight is 311 g/mol. The predicted molar refractivity (Wildman–Crippen MR) is 88.9 cm³/mol. The maximum atomic E-state index is 5.52. The molecule has 1 saturated heterocycles. The summed E-state index contributed by atoms with van der Waals surface area (Å²) >= 11 is 0. The van der Waals surface area contributed by atoms with Crippen molar-refractivity contribution in [2.75, 3.05) is 6.54 Å². The normalized spacial score (nSPS) is 25.2. The maximum absolute atomic E-state index is 5.52. The first kappa shape index (κ1) is 14.9. The molecule has 1 saturated carbocycles. The molecule has 0 N–H and O–H groups in total. The zero-order valence-electron chi connectivity index (χ0n) is 13.7. The topological polar surface area (TPSA) is 42.2 Å². The Bertz CT molecular complexity index is 623. The number of piperidine rings is 1. The summed E-state index contributed by atoms with van der Waals surface area (Å²) in [4.78, 5) is 7.21. The van der Waals surface area contributed by atoms with Crippen LogP contribution in [0.15, 0.2) is 34.9 Å². The molecular formula is C19H25N3O. The third-order valence-electron chi connectivity index (χ3n) is 5.41. The molecule has 1 aliphatic carbocycles. The first-order valence-electron chi connectivity index (χ1n) is 8.98. The summed E-state index contributed by atoms with van der Waals surface area (Å²) in [5, 5.41) is 4.17. The smallest absolute Gasteiger partial charge is 0.240 e. The van der Waals surface area contributed by atoms with Gasteiger partial charge in [0.15, 0.2) is 5.82 Å². The minimum Gasteiger partial charge on any atom is -0.338 e. The van der Waals surface area contributed by atoms with Crippen molar-refractivity contribution < 1.29 is 4.52 Å². The van der Waals surface area contributed by atoms with Gasteiger partial charge < -0.3 is 4.52 Å². The lowest BCUT2D eigenvalue weighted by Crippen LogP contribution is -2.46. The van der Waals surface area contributed by atoms with Crippen LogP contribution < -0.4 is 0 Å². The standard InChI is InChI=1S/C19H25N3O/c1-2-7-15(8-3-1)13-18-20-19(23-21-18)14-22-12-6-10-16-9-4-5-11-17(16)22/h1-3,7-8,16-17H,4-6,9-14H2. The van der Waals surface area contributed by atoms with Crippen LogP contribution >= 0.6 is 0 Å². The molecular weight excluding hydrogens is 286 g/mol. The summed E-state index contributed by atoms with van der Waals surface area (Å²) in [5.74, 6) is 2.47. The average Bonchev–Trinajstić information content (AvgIpc) is 3.03. The van der Waals surface area contributed by atoms with Crippen molar-refractivity contribution in [1.29, 1.82) is 0 Å². The number of rotatable bonds is 4. The van der Waals surface area contributed by atoms with Gasteiger partial charge in [-0.15, -0.1) is 0 Å². The van der Waals surface area contributed by atoms with Crippen molar-refractivity contribution in [3.05, 3.63) is 47.6 Å². The Balaban J connectivity index is 1.41. The Kier molecular flexibility index (Phi) is 4.42. The van der Waals surface area contributed by atoms with Gasteiger partial charge in [0.2, 0.25) is 5.89 Å². The lowest BCUT2D eigenvalue weighted by atomic mass is 9.78. The van der Waals surface area contributed by atoms with E-state index in [2.05, 4.69) is 27.2 Å². The Morgan fingerprint density at radius 3 is 2.78 bits per heavy atom. The van der Waals surface area contributed by atoms with Crippen LogP contribution in [0.25, 0.3) is 0 Å². The summed E-state index contributed by atoms with van der Waals surface area (Å²) < 4.78 is 5.52. The predicted octanol–water partition coefficient (Wildman–Crippen LogP) is 3.82. The van der Waals surface area contributed by atoms with Crippen molar-refractivity contribution in [2.45, 2.75) is 57.5 Å². The monoisotopic (exact) mass is 311 g/mol. The van der Waals surface area contributed by atoms with Crippen LogP contribution in [-0.2, 0) is 13.0 Å². The molecule has 1 aromatic carbocycles. The molecule has 2 fully saturated rings. The molecule has 0 bridgehead atoms. The Morgan fingerprint density at radius 2 is 1.87 bits per heavy atom. The maximum Gasteiger partial charge on any atom is 0.240 e. The number of benzene rings is 1. The number of hydrogen-bond donors (Lipinski definition) is 0. The van der Waals surface area contributed by atoms with E-state index in [0.29, 0.717) is 0 Å². The highest BCUT2D eigenvalue weighted by atomic mass is 16.5. The molecule has 1 aromatic heterocycles. The zero-order chi connectivity index (χ0) is 15.5.